The van der Waals surface area contributed by atoms with Crippen LogP contribution < -0.4 is 14.8 Å². The molecule has 1 aromatic heterocycles. The van der Waals surface area contributed by atoms with Crippen molar-refractivity contribution in [2.45, 2.75) is 44.1 Å². The smallest absolute Gasteiger partial charge is 0.254 e. The van der Waals surface area contributed by atoms with Crippen LogP contribution in [0, 0.1) is 0 Å². The van der Waals surface area contributed by atoms with Crippen molar-refractivity contribution in [3.05, 3.63) is 53.3 Å². The van der Waals surface area contributed by atoms with Gasteiger partial charge in [0, 0.05) is 31.5 Å². The summed E-state index contributed by atoms with van der Waals surface area (Å²) in [6, 6.07) is 6.70. The molecule has 2 aliphatic rings. The van der Waals surface area contributed by atoms with Gasteiger partial charge >= 0.3 is 0 Å². The van der Waals surface area contributed by atoms with Crippen molar-refractivity contribution in [2.24, 2.45) is 0 Å². The van der Waals surface area contributed by atoms with Crippen LogP contribution >= 0.6 is 0 Å². The normalized spacial score (nSPS) is 20.7. The van der Waals surface area contributed by atoms with Crippen LogP contribution in [-0.2, 0) is 4.79 Å². The summed E-state index contributed by atoms with van der Waals surface area (Å²) in [5.41, 5.74) is 1.91. The topological polar surface area (TPSA) is 84.0 Å². The lowest BCUT2D eigenvalue weighted by Crippen LogP contribution is -2.46. The maximum atomic E-state index is 13.7. The Labute approximate surface area is 207 Å². The summed E-state index contributed by atoms with van der Waals surface area (Å²) in [4.78, 5) is 35.4. The van der Waals surface area contributed by atoms with Crippen LogP contribution in [0.4, 0.5) is 0 Å². The molecule has 2 atom stereocenters. The number of fused-ring (bicyclic) bond motifs is 1. The molecule has 1 aromatic carbocycles. The van der Waals surface area contributed by atoms with E-state index in [0.717, 1.165) is 31.6 Å². The van der Waals surface area contributed by atoms with E-state index in [4.69, 9.17) is 9.47 Å². The van der Waals surface area contributed by atoms with Gasteiger partial charge in [-0.05, 0) is 68.2 Å². The lowest BCUT2D eigenvalue weighted by Gasteiger charge is -2.40. The second-order valence-corrected chi connectivity index (χ2v) is 9.32. The number of carbonyl (C=O) groups excluding carboxylic acids is 2. The Balaban J connectivity index is 1.60. The van der Waals surface area contributed by atoms with Crippen molar-refractivity contribution >= 4 is 11.8 Å². The predicted molar refractivity (Wildman–Crippen MR) is 134 cm³/mol. The minimum Gasteiger partial charge on any atom is -0.493 e. The van der Waals surface area contributed by atoms with Crippen molar-refractivity contribution in [3.63, 3.8) is 0 Å². The number of rotatable bonds is 8. The zero-order valence-electron chi connectivity index (χ0n) is 21.0. The second-order valence-electron chi connectivity index (χ2n) is 9.32. The zero-order valence-corrected chi connectivity index (χ0v) is 21.0. The molecule has 0 radical (unpaired) electrons. The van der Waals surface area contributed by atoms with Crippen molar-refractivity contribution in [1.29, 1.82) is 0 Å². The summed E-state index contributed by atoms with van der Waals surface area (Å²) in [5.74, 6) is 0.0781. The van der Waals surface area contributed by atoms with E-state index in [-0.39, 0.29) is 11.8 Å². The maximum Gasteiger partial charge on any atom is 0.254 e. The molecule has 1 saturated heterocycles. The molecule has 0 saturated carbocycles. The molecule has 4 rings (SSSR count). The van der Waals surface area contributed by atoms with Crippen LogP contribution in [0.25, 0.3) is 0 Å². The highest BCUT2D eigenvalue weighted by Gasteiger charge is 2.43. The molecule has 8 heteroatoms. The van der Waals surface area contributed by atoms with Gasteiger partial charge in [-0.25, -0.2) is 0 Å². The van der Waals surface area contributed by atoms with Gasteiger partial charge in [0.05, 0.1) is 26.2 Å². The predicted octanol–water partition coefficient (Wildman–Crippen LogP) is 3.39. The molecule has 8 nitrogen and oxygen atoms in total. The van der Waals surface area contributed by atoms with Gasteiger partial charge in [-0.2, -0.15) is 0 Å². The SMILES string of the molecule is COc1cc2c(cc1OC)[C@@H](C(=O)NCCCN1CCCCCC1)[C@H](c1cccnc1)N(C)C2=O. The van der Waals surface area contributed by atoms with Gasteiger partial charge < -0.3 is 24.6 Å². The van der Waals surface area contributed by atoms with Crippen molar-refractivity contribution < 1.29 is 19.1 Å². The van der Waals surface area contributed by atoms with Crippen LogP contribution in [0.2, 0.25) is 0 Å². The van der Waals surface area contributed by atoms with Crippen LogP contribution in [0.5, 0.6) is 11.5 Å². The van der Waals surface area contributed by atoms with E-state index in [1.807, 2.05) is 12.1 Å². The number of ether oxygens (including phenoxy) is 2. The number of methoxy groups -OCH3 is 2. The van der Waals surface area contributed by atoms with Gasteiger partial charge in [0.25, 0.3) is 5.91 Å². The Morgan fingerprint density at radius 1 is 1.11 bits per heavy atom. The Bertz CT molecular complexity index is 1020. The quantitative estimate of drug-likeness (QED) is 0.583. The van der Waals surface area contributed by atoms with Crippen LogP contribution in [0.1, 0.15) is 65.5 Å². The Morgan fingerprint density at radius 3 is 2.49 bits per heavy atom. The zero-order chi connectivity index (χ0) is 24.8. The second kappa shape index (κ2) is 11.5. The maximum absolute atomic E-state index is 13.7. The van der Waals surface area contributed by atoms with E-state index in [0.29, 0.717) is 29.2 Å². The minimum atomic E-state index is -0.602. The molecule has 0 unspecified atom stereocenters. The summed E-state index contributed by atoms with van der Waals surface area (Å²) in [6.07, 6.45) is 9.43. The number of benzene rings is 1. The summed E-state index contributed by atoms with van der Waals surface area (Å²) >= 11 is 0. The summed E-state index contributed by atoms with van der Waals surface area (Å²) in [7, 11) is 4.82. The molecule has 188 valence electrons. The van der Waals surface area contributed by atoms with Gasteiger partial charge in [0.2, 0.25) is 5.91 Å². The van der Waals surface area contributed by atoms with Crippen molar-refractivity contribution in [2.75, 3.05) is 47.4 Å². The average molecular weight is 481 g/mol. The molecule has 1 fully saturated rings. The molecule has 0 spiro atoms. The van der Waals surface area contributed by atoms with Crippen LogP contribution in [0.3, 0.4) is 0 Å². The number of pyridine rings is 1. The molecule has 3 heterocycles. The molecular formula is C27H36N4O4. The molecule has 1 N–H and O–H groups in total. The number of hydrogen-bond donors (Lipinski definition) is 1. The standard InChI is InChI=1S/C27H36N4O4/c1-30-25(19-10-8-11-28-18-19)24(20-16-22(34-2)23(35-3)17-21(20)27(30)33)26(32)29-12-9-15-31-13-6-4-5-7-14-31/h8,10-11,16-18,24-25H,4-7,9,12-15H2,1-3H3,(H,29,32)/t24-,25+/m1/s1. The first-order valence-electron chi connectivity index (χ1n) is 12.5. The highest BCUT2D eigenvalue weighted by Crippen LogP contribution is 2.45. The van der Waals surface area contributed by atoms with Crippen LogP contribution in [0.15, 0.2) is 36.7 Å². The van der Waals surface area contributed by atoms with E-state index in [9.17, 15) is 9.59 Å². The first-order valence-corrected chi connectivity index (χ1v) is 12.5. The third-order valence-corrected chi connectivity index (χ3v) is 7.13. The van der Waals surface area contributed by atoms with Gasteiger partial charge in [0.15, 0.2) is 11.5 Å². The van der Waals surface area contributed by atoms with E-state index in [1.54, 1.807) is 43.6 Å². The number of likely N-dealkylation sites (tertiary alicyclic amines) is 1. The number of carbonyl (C=O) groups is 2. The number of hydrogen-bond acceptors (Lipinski definition) is 6. The Morgan fingerprint density at radius 2 is 1.83 bits per heavy atom. The largest absolute Gasteiger partial charge is 0.493 e. The van der Waals surface area contributed by atoms with E-state index in [1.165, 1.54) is 32.8 Å². The van der Waals surface area contributed by atoms with E-state index < -0.39 is 12.0 Å². The third-order valence-electron chi connectivity index (χ3n) is 7.13. The summed E-state index contributed by atoms with van der Waals surface area (Å²) in [6.45, 7) is 3.85. The fraction of sp³-hybridized carbons (Fsp3) is 0.519. The summed E-state index contributed by atoms with van der Waals surface area (Å²) in [5, 5.41) is 3.15. The fourth-order valence-corrected chi connectivity index (χ4v) is 5.28. The first-order chi connectivity index (χ1) is 17.0. The Hall–Kier alpha value is -3.13. The lowest BCUT2D eigenvalue weighted by molar-refractivity contribution is -0.124. The van der Waals surface area contributed by atoms with Gasteiger partial charge in [-0.3, -0.25) is 14.6 Å². The molecule has 2 aliphatic heterocycles. The van der Waals surface area contributed by atoms with Gasteiger partial charge in [0.1, 0.15) is 0 Å². The highest BCUT2D eigenvalue weighted by atomic mass is 16.5. The molecule has 2 aromatic rings. The molecule has 2 amide bonds. The van der Waals surface area contributed by atoms with Crippen molar-refractivity contribution in [3.8, 4) is 11.5 Å². The summed E-state index contributed by atoms with van der Waals surface area (Å²) < 4.78 is 10.9. The number of nitrogens with zero attached hydrogens (tertiary/aromatic N) is 3. The van der Waals surface area contributed by atoms with Crippen LogP contribution in [-0.4, -0.2) is 74.0 Å². The van der Waals surface area contributed by atoms with E-state index >= 15 is 0 Å². The lowest BCUT2D eigenvalue weighted by atomic mass is 9.79. The molecule has 0 aliphatic carbocycles. The Kier molecular flexibility index (Phi) is 8.23. The van der Waals surface area contributed by atoms with Crippen molar-refractivity contribution in [1.82, 2.24) is 20.1 Å². The number of amides is 2. The van der Waals surface area contributed by atoms with Gasteiger partial charge in [-0.15, -0.1) is 0 Å². The third kappa shape index (κ3) is 5.42. The minimum absolute atomic E-state index is 0.109. The molecule has 35 heavy (non-hydrogen) atoms. The molecule has 0 bridgehead atoms. The first kappa shape index (κ1) is 25.0. The average Bonchev–Trinajstić information content (AvgIpc) is 3.17. The fourth-order valence-electron chi connectivity index (χ4n) is 5.28. The van der Waals surface area contributed by atoms with E-state index in [2.05, 4.69) is 15.2 Å². The van der Waals surface area contributed by atoms with Gasteiger partial charge in [-0.1, -0.05) is 18.9 Å². The number of likely N-dealkylation sites (N-methyl/N-ethyl adjacent to an activating group) is 1. The molecular weight excluding hydrogens is 444 g/mol. The monoisotopic (exact) mass is 480 g/mol. The highest BCUT2D eigenvalue weighted by molar-refractivity contribution is 6.02. The number of aromatic nitrogens is 1. The number of nitrogens with one attached hydrogen (secondary N) is 1.